The summed E-state index contributed by atoms with van der Waals surface area (Å²) in [6.07, 6.45) is 4.42. The lowest BCUT2D eigenvalue weighted by atomic mass is 10.2. The van der Waals surface area contributed by atoms with Gasteiger partial charge in [0, 0.05) is 58.3 Å². The summed E-state index contributed by atoms with van der Waals surface area (Å²) in [6.45, 7) is 14.6. The highest BCUT2D eigenvalue weighted by Crippen LogP contribution is 2.28. The Hall–Kier alpha value is -0.610. The van der Waals surface area contributed by atoms with Gasteiger partial charge in [0.1, 0.15) is 0 Å². The quantitative estimate of drug-likeness (QED) is 0.174. The van der Waals surface area contributed by atoms with Gasteiger partial charge in [-0.05, 0) is 45.7 Å². The van der Waals surface area contributed by atoms with Crippen molar-refractivity contribution in [3.63, 3.8) is 0 Å². The van der Waals surface area contributed by atoms with Crippen LogP contribution in [-0.4, -0.2) is 87.1 Å². The largest absolute Gasteiger partial charge is 0.357 e. The number of nitrogens with one attached hydrogen (secondary N) is 3. The molecule has 2 rings (SSSR count). The summed E-state index contributed by atoms with van der Waals surface area (Å²) in [7, 11) is 0. The number of likely N-dealkylation sites (N-methyl/N-ethyl adjacent to an activating group) is 1. The Morgan fingerprint density at radius 1 is 0.963 bits per heavy atom. The van der Waals surface area contributed by atoms with E-state index in [-0.39, 0.29) is 35.8 Å². The van der Waals surface area contributed by atoms with Crippen LogP contribution < -0.4 is 16.0 Å². The lowest BCUT2D eigenvalue weighted by molar-refractivity contribution is -0.122. The summed E-state index contributed by atoms with van der Waals surface area (Å²) in [5.74, 6) is 1.33. The van der Waals surface area contributed by atoms with Crippen molar-refractivity contribution in [3.05, 3.63) is 0 Å². The number of hydrogen-bond donors (Lipinski definition) is 3. The smallest absolute Gasteiger partial charge is 0.223 e. The van der Waals surface area contributed by atoms with Gasteiger partial charge < -0.3 is 25.8 Å². The van der Waals surface area contributed by atoms with E-state index < -0.39 is 0 Å². The van der Waals surface area contributed by atoms with E-state index in [4.69, 9.17) is 0 Å². The van der Waals surface area contributed by atoms with Crippen LogP contribution in [-0.2, 0) is 4.79 Å². The van der Waals surface area contributed by atoms with E-state index in [1.807, 2.05) is 0 Å². The summed E-state index contributed by atoms with van der Waals surface area (Å²) in [6, 6.07) is 0. The predicted octanol–water partition coefficient (Wildman–Crippen LogP) is 1.10. The Bertz CT molecular complexity index is 436. The minimum atomic E-state index is 0. The maximum absolute atomic E-state index is 11.6. The molecule has 1 saturated heterocycles. The van der Waals surface area contributed by atoms with Crippen molar-refractivity contribution >= 4 is 35.8 Å². The van der Waals surface area contributed by atoms with Crippen molar-refractivity contribution in [3.8, 4) is 0 Å². The first kappa shape index (κ1) is 24.4. The van der Waals surface area contributed by atoms with Gasteiger partial charge in [0.15, 0.2) is 5.96 Å². The molecular weight excluding hydrogens is 455 g/mol. The second-order valence-electron chi connectivity index (χ2n) is 7.24. The lowest BCUT2D eigenvalue weighted by Crippen LogP contribution is -2.46. The van der Waals surface area contributed by atoms with E-state index in [1.54, 1.807) is 0 Å². The van der Waals surface area contributed by atoms with Gasteiger partial charge in [-0.1, -0.05) is 6.92 Å². The lowest BCUT2D eigenvalue weighted by Gasteiger charge is -2.33. The van der Waals surface area contributed by atoms with Crippen LogP contribution in [0.25, 0.3) is 0 Å². The molecule has 0 aromatic heterocycles. The SMILES string of the molecule is CCNC(=NCCCCN1CCN(CC)CC1)NCCNC(=O)C1CC1.I. The third-order valence-electron chi connectivity index (χ3n) is 5.07. The van der Waals surface area contributed by atoms with Gasteiger partial charge in [-0.3, -0.25) is 9.79 Å². The summed E-state index contributed by atoms with van der Waals surface area (Å²) < 4.78 is 0. The van der Waals surface area contributed by atoms with Crippen molar-refractivity contribution in [2.45, 2.75) is 39.5 Å². The van der Waals surface area contributed by atoms with Gasteiger partial charge in [-0.2, -0.15) is 0 Å². The molecule has 1 saturated carbocycles. The molecule has 0 radical (unpaired) electrons. The van der Waals surface area contributed by atoms with Crippen LogP contribution in [0.2, 0.25) is 0 Å². The molecule has 1 aliphatic carbocycles. The molecule has 1 heterocycles. The third-order valence-corrected chi connectivity index (χ3v) is 5.07. The highest BCUT2D eigenvalue weighted by atomic mass is 127. The summed E-state index contributed by atoms with van der Waals surface area (Å²) in [4.78, 5) is 21.3. The predicted molar refractivity (Wildman–Crippen MR) is 123 cm³/mol. The first-order valence-electron chi connectivity index (χ1n) is 10.5. The number of carbonyl (C=O) groups is 1. The molecule has 0 aromatic carbocycles. The third kappa shape index (κ3) is 10.5. The van der Waals surface area contributed by atoms with Crippen LogP contribution in [0.1, 0.15) is 39.5 Å². The fraction of sp³-hybridized carbons (Fsp3) is 0.895. The number of hydrogen-bond acceptors (Lipinski definition) is 4. The molecule has 0 atom stereocenters. The molecule has 0 unspecified atom stereocenters. The molecule has 158 valence electrons. The molecule has 0 aromatic rings. The van der Waals surface area contributed by atoms with Crippen molar-refractivity contribution in [1.29, 1.82) is 0 Å². The Balaban J connectivity index is 0.00000364. The van der Waals surface area contributed by atoms with Gasteiger partial charge in [0.2, 0.25) is 5.91 Å². The van der Waals surface area contributed by atoms with Crippen LogP contribution in [0.15, 0.2) is 4.99 Å². The average molecular weight is 494 g/mol. The zero-order valence-electron chi connectivity index (χ0n) is 17.1. The molecule has 8 heteroatoms. The zero-order chi connectivity index (χ0) is 18.6. The molecule has 2 aliphatic rings. The van der Waals surface area contributed by atoms with Gasteiger partial charge in [0.05, 0.1) is 0 Å². The Labute approximate surface area is 182 Å². The molecule has 1 amide bonds. The van der Waals surface area contributed by atoms with Gasteiger partial charge in [-0.15, -0.1) is 24.0 Å². The Morgan fingerprint density at radius 2 is 1.63 bits per heavy atom. The maximum Gasteiger partial charge on any atom is 0.223 e. The first-order chi connectivity index (χ1) is 12.7. The molecule has 0 spiro atoms. The number of carbonyl (C=O) groups excluding carboxylic acids is 1. The summed E-state index contributed by atoms with van der Waals surface area (Å²) in [5.41, 5.74) is 0. The van der Waals surface area contributed by atoms with Crippen LogP contribution in [0, 0.1) is 5.92 Å². The minimum Gasteiger partial charge on any atom is -0.357 e. The molecule has 3 N–H and O–H groups in total. The number of halogens is 1. The number of aliphatic imine (C=N–C) groups is 1. The van der Waals surface area contributed by atoms with Crippen molar-refractivity contribution in [2.24, 2.45) is 10.9 Å². The number of guanidine groups is 1. The van der Waals surface area contributed by atoms with E-state index in [9.17, 15) is 4.79 Å². The normalized spacial score (nSPS) is 18.7. The monoisotopic (exact) mass is 494 g/mol. The number of unbranched alkanes of at least 4 members (excludes halogenated alkanes) is 1. The van der Waals surface area contributed by atoms with Crippen LogP contribution in [0.5, 0.6) is 0 Å². The molecule has 7 nitrogen and oxygen atoms in total. The first-order valence-corrected chi connectivity index (χ1v) is 10.5. The number of nitrogens with zero attached hydrogens (tertiary/aromatic N) is 3. The average Bonchev–Trinajstić information content (AvgIpc) is 3.50. The van der Waals surface area contributed by atoms with Gasteiger partial charge >= 0.3 is 0 Å². The van der Waals surface area contributed by atoms with E-state index >= 15 is 0 Å². The molecule has 27 heavy (non-hydrogen) atoms. The van der Waals surface area contributed by atoms with E-state index in [2.05, 4.69) is 44.6 Å². The number of piperazine rings is 1. The van der Waals surface area contributed by atoms with Gasteiger partial charge in [0.25, 0.3) is 0 Å². The Morgan fingerprint density at radius 3 is 2.26 bits per heavy atom. The topological polar surface area (TPSA) is 72.0 Å². The number of amides is 1. The highest BCUT2D eigenvalue weighted by molar-refractivity contribution is 14.0. The van der Waals surface area contributed by atoms with Crippen LogP contribution >= 0.6 is 24.0 Å². The van der Waals surface area contributed by atoms with Crippen molar-refractivity contribution in [1.82, 2.24) is 25.8 Å². The standard InChI is InChI=1S/C19H38N6O.HI/c1-3-20-19(23-11-10-21-18(26)17-7-8-17)22-9-5-6-12-25-15-13-24(4-2)14-16-25;/h17H,3-16H2,1-2H3,(H,21,26)(H2,20,22,23);1H. The molecule has 1 aliphatic heterocycles. The Kier molecular flexibility index (Phi) is 13.0. The fourth-order valence-electron chi connectivity index (χ4n) is 3.17. The van der Waals surface area contributed by atoms with E-state index in [0.29, 0.717) is 13.1 Å². The fourth-order valence-corrected chi connectivity index (χ4v) is 3.17. The number of rotatable bonds is 11. The molecule has 2 fully saturated rings. The molecular formula is C19H39IN6O. The van der Waals surface area contributed by atoms with E-state index in [0.717, 1.165) is 38.3 Å². The van der Waals surface area contributed by atoms with E-state index in [1.165, 1.54) is 45.7 Å². The van der Waals surface area contributed by atoms with Crippen LogP contribution in [0.4, 0.5) is 0 Å². The summed E-state index contributed by atoms with van der Waals surface area (Å²) >= 11 is 0. The minimum absolute atomic E-state index is 0. The second kappa shape index (κ2) is 14.4. The van der Waals surface area contributed by atoms with Crippen LogP contribution in [0.3, 0.4) is 0 Å². The van der Waals surface area contributed by atoms with Gasteiger partial charge in [-0.25, -0.2) is 0 Å². The maximum atomic E-state index is 11.6. The highest BCUT2D eigenvalue weighted by Gasteiger charge is 2.28. The molecule has 0 bridgehead atoms. The second-order valence-corrected chi connectivity index (χ2v) is 7.24. The summed E-state index contributed by atoms with van der Waals surface area (Å²) in [5, 5.41) is 9.53. The van der Waals surface area contributed by atoms with Crippen molar-refractivity contribution < 1.29 is 4.79 Å². The zero-order valence-corrected chi connectivity index (χ0v) is 19.5. The van der Waals surface area contributed by atoms with Crippen molar-refractivity contribution in [2.75, 3.05) is 65.4 Å².